The molecule has 0 aromatic heterocycles. The molecule has 3 saturated heterocycles. The molecule has 11 atom stereocenters. The van der Waals surface area contributed by atoms with Crippen molar-refractivity contribution in [2.24, 2.45) is 40.9 Å². The van der Waals surface area contributed by atoms with Gasteiger partial charge < -0.3 is 14.2 Å². The first kappa shape index (κ1) is 25.7. The van der Waals surface area contributed by atoms with Crippen molar-refractivity contribution in [2.75, 3.05) is 26.4 Å². The summed E-state index contributed by atoms with van der Waals surface area (Å²) in [4.78, 5) is 14.6. The van der Waals surface area contributed by atoms with E-state index < -0.39 is 11.4 Å². The number of hydrogen-bond acceptors (Lipinski definition) is 4. The molecular weight excluding hydrogens is 468 g/mol. The number of allylic oxidation sites excluding steroid dienone is 1. The fourth-order valence-corrected chi connectivity index (χ4v) is 11.4. The topological polar surface area (TPSA) is 55.8 Å². The van der Waals surface area contributed by atoms with Gasteiger partial charge in [0.1, 0.15) is 6.26 Å². The highest BCUT2D eigenvalue weighted by Gasteiger charge is 2.61. The fourth-order valence-electron chi connectivity index (χ4n) is 10.2. The van der Waals surface area contributed by atoms with E-state index in [4.69, 9.17) is 4.74 Å². The first-order valence-corrected chi connectivity index (χ1v) is 16.3. The van der Waals surface area contributed by atoms with Gasteiger partial charge in [-0.25, -0.2) is 0 Å². The van der Waals surface area contributed by atoms with E-state index in [2.05, 4.69) is 32.0 Å². The maximum atomic E-state index is 12.7. The summed E-state index contributed by atoms with van der Waals surface area (Å²) >= 11 is -0.950. The van der Waals surface area contributed by atoms with Crippen molar-refractivity contribution >= 4 is 17.3 Å². The van der Waals surface area contributed by atoms with Gasteiger partial charge in [0.15, 0.2) is 0 Å². The number of hydrogen-bond donors (Lipinski definition) is 0. The van der Waals surface area contributed by atoms with E-state index in [0.717, 1.165) is 57.0 Å². The van der Waals surface area contributed by atoms with Gasteiger partial charge in [-0.1, -0.05) is 31.9 Å². The Hall–Kier alpha value is -0.560. The van der Waals surface area contributed by atoms with E-state index in [-0.39, 0.29) is 23.2 Å². The molecule has 36 heavy (non-hydrogen) atoms. The summed E-state index contributed by atoms with van der Waals surface area (Å²) < 4.78 is 22.1. The SMILES string of the molecule is CC1=C2C[C@H]3[C@@H](CC[C@@H]4CN(C)C(=O)CC[C@@]43C)[C@@H]2CC[C@@]2(C1)O[C@@H]1C[C@H](C)CN([S+](C)[O-])C1[C@H]2C. The highest BCUT2D eigenvalue weighted by atomic mass is 32.2. The molecule has 5 nitrogen and oxygen atoms in total. The molecule has 3 aliphatic heterocycles. The van der Waals surface area contributed by atoms with E-state index in [1.54, 1.807) is 11.1 Å². The van der Waals surface area contributed by atoms with Crippen LogP contribution in [0.2, 0.25) is 0 Å². The zero-order valence-electron chi connectivity index (χ0n) is 23.4. The average molecular weight is 517 g/mol. The molecule has 0 radical (unpaired) electrons. The van der Waals surface area contributed by atoms with Gasteiger partial charge in [-0.3, -0.25) is 4.79 Å². The number of ether oxygens (including phenoxy) is 1. The lowest BCUT2D eigenvalue weighted by Crippen LogP contribution is -2.53. The number of amides is 1. The average Bonchev–Trinajstić information content (AvgIpc) is 3.24. The highest BCUT2D eigenvalue weighted by Crippen LogP contribution is 2.64. The Bertz CT molecular complexity index is 937. The van der Waals surface area contributed by atoms with Gasteiger partial charge in [-0.2, -0.15) is 0 Å². The number of piperidine rings is 1. The molecule has 1 spiro atoms. The number of likely N-dealkylation sites (tertiary alicyclic amines) is 1. The van der Waals surface area contributed by atoms with Crippen LogP contribution in [-0.4, -0.2) is 63.8 Å². The number of rotatable bonds is 1. The fraction of sp³-hybridized carbons (Fsp3) is 0.900. The molecule has 1 amide bonds. The van der Waals surface area contributed by atoms with E-state index in [1.165, 1.54) is 25.7 Å². The first-order chi connectivity index (χ1) is 17.0. The second-order valence-corrected chi connectivity index (χ2v) is 15.3. The van der Waals surface area contributed by atoms with E-state index in [1.807, 2.05) is 18.2 Å². The Balaban J connectivity index is 1.28. The van der Waals surface area contributed by atoms with Crippen LogP contribution >= 0.6 is 0 Å². The minimum Gasteiger partial charge on any atom is -0.598 e. The van der Waals surface area contributed by atoms with E-state index >= 15 is 0 Å². The maximum absolute atomic E-state index is 12.7. The Labute approximate surface area is 222 Å². The molecule has 2 saturated carbocycles. The quantitative estimate of drug-likeness (QED) is 0.356. The van der Waals surface area contributed by atoms with Crippen molar-refractivity contribution in [3.05, 3.63) is 11.1 Å². The number of carbonyl (C=O) groups is 1. The van der Waals surface area contributed by atoms with Crippen LogP contribution in [0.15, 0.2) is 11.1 Å². The summed E-state index contributed by atoms with van der Waals surface area (Å²) in [5.74, 6) is 4.11. The Morgan fingerprint density at radius 1 is 1.14 bits per heavy atom. The molecule has 2 unspecified atom stereocenters. The van der Waals surface area contributed by atoms with Gasteiger partial charge >= 0.3 is 0 Å². The van der Waals surface area contributed by atoms with Crippen molar-refractivity contribution in [3.8, 4) is 0 Å². The molecule has 0 aromatic carbocycles. The molecule has 0 bridgehead atoms. The second kappa shape index (κ2) is 8.99. The first-order valence-electron chi connectivity index (χ1n) is 14.7. The maximum Gasteiger partial charge on any atom is 0.222 e. The normalized spacial score (nSPS) is 50.3. The number of fused-ring (bicyclic) bond motifs is 6. The molecular formula is C30H48N2O3S. The van der Waals surface area contributed by atoms with Crippen LogP contribution in [0.4, 0.5) is 0 Å². The van der Waals surface area contributed by atoms with Crippen LogP contribution in [0.25, 0.3) is 0 Å². The molecule has 3 heterocycles. The second-order valence-electron chi connectivity index (χ2n) is 14.0. The predicted octanol–water partition coefficient (Wildman–Crippen LogP) is 5.19. The van der Waals surface area contributed by atoms with Gasteiger partial charge in [0.2, 0.25) is 5.91 Å². The van der Waals surface area contributed by atoms with Crippen LogP contribution in [0.3, 0.4) is 0 Å². The van der Waals surface area contributed by atoms with Gasteiger partial charge in [-0.15, -0.1) is 4.31 Å². The van der Waals surface area contributed by atoms with Crippen LogP contribution in [0.5, 0.6) is 0 Å². The summed E-state index contributed by atoms with van der Waals surface area (Å²) in [6.07, 6.45) is 12.2. The molecule has 3 aliphatic carbocycles. The lowest BCUT2D eigenvalue weighted by molar-refractivity contribution is -0.129. The zero-order chi connectivity index (χ0) is 25.6. The lowest BCUT2D eigenvalue weighted by atomic mass is 9.55. The van der Waals surface area contributed by atoms with Crippen LogP contribution in [-0.2, 0) is 20.9 Å². The van der Waals surface area contributed by atoms with E-state index in [0.29, 0.717) is 29.6 Å². The largest absolute Gasteiger partial charge is 0.598 e. The predicted molar refractivity (Wildman–Crippen MR) is 144 cm³/mol. The van der Waals surface area contributed by atoms with Crippen molar-refractivity contribution < 1.29 is 14.1 Å². The third-order valence-electron chi connectivity index (χ3n) is 12.2. The Morgan fingerprint density at radius 3 is 2.67 bits per heavy atom. The van der Waals surface area contributed by atoms with Gasteiger partial charge in [0.05, 0.1) is 17.7 Å². The minimum atomic E-state index is -0.950. The van der Waals surface area contributed by atoms with Crippen molar-refractivity contribution in [1.82, 2.24) is 9.21 Å². The van der Waals surface area contributed by atoms with Crippen molar-refractivity contribution in [3.63, 3.8) is 0 Å². The summed E-state index contributed by atoms with van der Waals surface area (Å²) in [6, 6.07) is 0.283. The molecule has 6 rings (SSSR count). The standard InChI is InChI=1S/C30H48N2O3S/c1-18-13-26-28(32(16-18)36(6)34)20(3)30(35-26)12-9-22-23-8-7-21-17-31(5)27(33)10-11-29(21,4)25(23)14-24(22)19(2)15-30/h18,20-23,25-26,28H,7-17H2,1-6H3/t18-,20+,21+,22-,23-,25-,26+,28?,29-,30-,36?/m0/s1. The molecule has 0 N–H and O–H groups in total. The van der Waals surface area contributed by atoms with Gasteiger partial charge in [0, 0.05) is 43.8 Å². The lowest BCUT2D eigenvalue weighted by Gasteiger charge is -2.49. The minimum absolute atomic E-state index is 0.105. The summed E-state index contributed by atoms with van der Waals surface area (Å²) in [6.45, 7) is 11.5. The molecule has 202 valence electrons. The van der Waals surface area contributed by atoms with Crippen LogP contribution in [0.1, 0.15) is 85.5 Å². The van der Waals surface area contributed by atoms with Gasteiger partial charge in [-0.05, 0) is 93.3 Å². The monoisotopic (exact) mass is 516 g/mol. The number of carbonyl (C=O) groups excluding carboxylic acids is 1. The smallest absolute Gasteiger partial charge is 0.222 e. The Morgan fingerprint density at radius 2 is 1.92 bits per heavy atom. The van der Waals surface area contributed by atoms with Crippen LogP contribution in [0, 0.1) is 40.9 Å². The zero-order valence-corrected chi connectivity index (χ0v) is 24.2. The van der Waals surface area contributed by atoms with Gasteiger partial charge in [0.25, 0.3) is 0 Å². The highest BCUT2D eigenvalue weighted by molar-refractivity contribution is 7.88. The molecule has 5 fully saturated rings. The van der Waals surface area contributed by atoms with Crippen LogP contribution < -0.4 is 0 Å². The summed E-state index contributed by atoms with van der Waals surface area (Å²) in [5.41, 5.74) is 3.53. The number of nitrogens with zero attached hydrogens (tertiary/aromatic N) is 2. The molecule has 6 aliphatic rings. The molecule has 6 heteroatoms. The summed E-state index contributed by atoms with van der Waals surface area (Å²) in [5, 5.41) is 0. The third-order valence-corrected chi connectivity index (χ3v) is 13.3. The molecule has 0 aromatic rings. The summed E-state index contributed by atoms with van der Waals surface area (Å²) in [7, 11) is 2.02. The Kier molecular flexibility index (Phi) is 6.42. The van der Waals surface area contributed by atoms with Crippen molar-refractivity contribution in [1.29, 1.82) is 0 Å². The van der Waals surface area contributed by atoms with Crippen molar-refractivity contribution in [2.45, 2.75) is 103 Å². The third kappa shape index (κ3) is 3.78. The van der Waals surface area contributed by atoms with E-state index in [9.17, 15) is 9.35 Å².